The molecule has 1 atom stereocenters. The first kappa shape index (κ1) is 12.9. The Bertz CT molecular complexity index is 372. The summed E-state index contributed by atoms with van der Waals surface area (Å²) in [5.74, 6) is 1.61. The van der Waals surface area contributed by atoms with Gasteiger partial charge in [-0.1, -0.05) is 6.92 Å². The maximum Gasteiger partial charge on any atom is 0.122 e. The molecule has 2 radical (unpaired) electrons. The average Bonchev–Trinajstić information content (AvgIpc) is 2.18. The Morgan fingerprint density at radius 2 is 1.81 bits per heavy atom. The van der Waals surface area contributed by atoms with Gasteiger partial charge in [-0.3, -0.25) is 0 Å². The molecule has 0 aliphatic carbocycles. The van der Waals surface area contributed by atoms with Crippen LogP contribution in [0.1, 0.15) is 18.1 Å². The summed E-state index contributed by atoms with van der Waals surface area (Å²) in [5, 5.41) is 0. The van der Waals surface area contributed by atoms with E-state index in [1.54, 1.807) is 21.1 Å². The maximum absolute atomic E-state index is 5.80. The van der Waals surface area contributed by atoms with E-state index >= 15 is 0 Å². The van der Waals surface area contributed by atoms with Gasteiger partial charge in [0.05, 0.1) is 22.1 Å². The summed E-state index contributed by atoms with van der Waals surface area (Å²) in [4.78, 5) is 0. The summed E-state index contributed by atoms with van der Waals surface area (Å²) >= 11 is 0. The monoisotopic (exact) mass is 219 g/mol. The molecular weight excluding hydrogens is 201 g/mol. The van der Waals surface area contributed by atoms with E-state index in [1.165, 1.54) is 0 Å². The van der Waals surface area contributed by atoms with Crippen LogP contribution in [0.4, 0.5) is 0 Å². The van der Waals surface area contributed by atoms with Crippen molar-refractivity contribution in [1.82, 2.24) is 0 Å². The molecule has 0 saturated heterocycles. The summed E-state index contributed by atoms with van der Waals surface area (Å²) in [5.41, 5.74) is 7.03. The number of hydrogen-bond donors (Lipinski definition) is 1. The van der Waals surface area contributed by atoms with E-state index in [0.717, 1.165) is 22.6 Å². The highest BCUT2D eigenvalue weighted by Crippen LogP contribution is 2.29. The summed E-state index contributed by atoms with van der Waals surface area (Å²) in [6, 6.07) is 3.85. The van der Waals surface area contributed by atoms with Crippen molar-refractivity contribution < 1.29 is 9.47 Å². The van der Waals surface area contributed by atoms with Crippen molar-refractivity contribution in [3.63, 3.8) is 0 Å². The highest BCUT2D eigenvalue weighted by atomic mass is 16.5. The van der Waals surface area contributed by atoms with Gasteiger partial charge in [-0.2, -0.15) is 0 Å². The molecule has 0 aliphatic rings. The summed E-state index contributed by atoms with van der Waals surface area (Å²) in [6.45, 7) is 3.74. The van der Waals surface area contributed by atoms with Gasteiger partial charge < -0.3 is 15.2 Å². The number of nitrogens with two attached hydrogens (primary N) is 1. The second-order valence-corrected chi connectivity index (χ2v) is 4.32. The molecular formula is C12H18BNO2. The molecule has 0 fully saturated rings. The Hall–Kier alpha value is -1.16. The molecule has 2 N–H and O–H groups in total. The van der Waals surface area contributed by atoms with Gasteiger partial charge in [-0.25, -0.2) is 0 Å². The van der Waals surface area contributed by atoms with Crippen LogP contribution in [-0.2, 0) is 6.42 Å². The molecule has 0 spiro atoms. The third kappa shape index (κ3) is 3.17. The minimum absolute atomic E-state index is 0.535. The molecule has 1 aromatic rings. The predicted octanol–water partition coefficient (Wildman–Crippen LogP) is 1.40. The van der Waals surface area contributed by atoms with Gasteiger partial charge in [0, 0.05) is 0 Å². The molecule has 86 valence electrons. The Labute approximate surface area is 98.3 Å². The molecule has 0 aromatic heterocycles. The molecule has 0 saturated carbocycles. The molecule has 0 bridgehead atoms. The van der Waals surface area contributed by atoms with Crippen molar-refractivity contribution in [3.8, 4) is 11.5 Å². The lowest BCUT2D eigenvalue weighted by atomic mass is 9.76. The van der Waals surface area contributed by atoms with Gasteiger partial charge in [0.1, 0.15) is 11.5 Å². The maximum atomic E-state index is 5.80. The number of methoxy groups -OCH3 is 2. The quantitative estimate of drug-likeness (QED) is 0.778. The highest BCUT2D eigenvalue weighted by molar-refractivity contribution is 6.15. The fraction of sp³-hybridized carbons (Fsp3) is 0.500. The SMILES string of the molecule is [B]C(C)(N)Cc1cc(OC)c(C)cc1OC. The fourth-order valence-corrected chi connectivity index (χ4v) is 1.66. The van der Waals surface area contributed by atoms with Crippen molar-refractivity contribution >= 4 is 7.85 Å². The molecule has 4 heteroatoms. The molecule has 1 unspecified atom stereocenters. The van der Waals surface area contributed by atoms with Crippen LogP contribution in [0, 0.1) is 6.92 Å². The number of benzene rings is 1. The molecule has 0 heterocycles. The summed E-state index contributed by atoms with van der Waals surface area (Å²) in [7, 11) is 9.08. The number of rotatable bonds is 4. The van der Waals surface area contributed by atoms with Crippen molar-refractivity contribution in [2.24, 2.45) is 5.73 Å². The van der Waals surface area contributed by atoms with E-state index in [1.807, 2.05) is 19.1 Å². The van der Waals surface area contributed by atoms with E-state index in [-0.39, 0.29) is 0 Å². The van der Waals surface area contributed by atoms with Crippen LogP contribution >= 0.6 is 0 Å². The van der Waals surface area contributed by atoms with E-state index in [2.05, 4.69) is 0 Å². The second-order valence-electron chi connectivity index (χ2n) is 4.32. The average molecular weight is 219 g/mol. The standard InChI is InChI=1S/C12H18BNO2/c1-8-5-11(16-4)9(6-10(8)15-3)7-12(2,13)14/h5-6H,7,14H2,1-4H3. The minimum atomic E-state index is -0.756. The molecule has 1 rings (SSSR count). The van der Waals surface area contributed by atoms with Crippen LogP contribution in [0.25, 0.3) is 0 Å². The number of ether oxygens (including phenoxy) is 2. The van der Waals surface area contributed by atoms with Crippen molar-refractivity contribution in [2.75, 3.05) is 14.2 Å². The van der Waals surface area contributed by atoms with E-state index < -0.39 is 5.44 Å². The van der Waals surface area contributed by atoms with Crippen LogP contribution in [0.3, 0.4) is 0 Å². The second kappa shape index (κ2) is 4.79. The zero-order valence-electron chi connectivity index (χ0n) is 10.3. The van der Waals surface area contributed by atoms with E-state index in [0.29, 0.717) is 6.42 Å². The van der Waals surface area contributed by atoms with Gasteiger partial charge in [-0.15, -0.1) is 0 Å². The third-order valence-corrected chi connectivity index (χ3v) is 2.37. The first-order valence-electron chi connectivity index (χ1n) is 5.16. The van der Waals surface area contributed by atoms with Crippen LogP contribution in [0.15, 0.2) is 12.1 Å². The smallest absolute Gasteiger partial charge is 0.122 e. The Balaban J connectivity index is 3.15. The van der Waals surface area contributed by atoms with Crippen LogP contribution in [-0.4, -0.2) is 27.5 Å². The zero-order valence-corrected chi connectivity index (χ0v) is 10.3. The molecule has 0 amide bonds. The van der Waals surface area contributed by atoms with Crippen LogP contribution < -0.4 is 15.2 Å². The molecule has 16 heavy (non-hydrogen) atoms. The normalized spacial score (nSPS) is 14.3. The van der Waals surface area contributed by atoms with Crippen molar-refractivity contribution in [3.05, 3.63) is 23.3 Å². The van der Waals surface area contributed by atoms with Gasteiger partial charge in [-0.05, 0) is 42.0 Å². The van der Waals surface area contributed by atoms with Crippen molar-refractivity contribution in [2.45, 2.75) is 25.7 Å². The third-order valence-electron chi connectivity index (χ3n) is 2.37. The summed E-state index contributed by atoms with van der Waals surface area (Å²) < 4.78 is 10.6. The molecule has 1 aromatic carbocycles. The van der Waals surface area contributed by atoms with Crippen LogP contribution in [0.5, 0.6) is 11.5 Å². The Morgan fingerprint density at radius 3 is 2.25 bits per heavy atom. The summed E-state index contributed by atoms with van der Waals surface area (Å²) in [6.07, 6.45) is 0.535. The number of hydrogen-bond acceptors (Lipinski definition) is 3. The first-order valence-corrected chi connectivity index (χ1v) is 5.16. The topological polar surface area (TPSA) is 44.5 Å². The first-order chi connectivity index (χ1) is 7.37. The van der Waals surface area contributed by atoms with E-state index in [4.69, 9.17) is 23.1 Å². The largest absolute Gasteiger partial charge is 0.496 e. The van der Waals surface area contributed by atoms with Gasteiger partial charge in [0.25, 0.3) is 0 Å². The lowest BCUT2D eigenvalue weighted by Gasteiger charge is -2.21. The van der Waals surface area contributed by atoms with Crippen LogP contribution in [0.2, 0.25) is 0 Å². The van der Waals surface area contributed by atoms with Gasteiger partial charge >= 0.3 is 0 Å². The van der Waals surface area contributed by atoms with E-state index in [9.17, 15) is 0 Å². The lowest BCUT2D eigenvalue weighted by molar-refractivity contribution is 0.394. The van der Waals surface area contributed by atoms with Crippen molar-refractivity contribution in [1.29, 1.82) is 0 Å². The zero-order chi connectivity index (χ0) is 12.3. The predicted molar refractivity (Wildman–Crippen MR) is 66.3 cm³/mol. The van der Waals surface area contributed by atoms with Gasteiger partial charge in [0.2, 0.25) is 0 Å². The molecule has 0 aliphatic heterocycles. The highest BCUT2D eigenvalue weighted by Gasteiger charge is 2.16. The Morgan fingerprint density at radius 1 is 1.25 bits per heavy atom. The van der Waals surface area contributed by atoms with Gasteiger partial charge in [0.15, 0.2) is 0 Å². The Kier molecular flexibility index (Phi) is 3.86. The minimum Gasteiger partial charge on any atom is -0.496 e. The molecule has 3 nitrogen and oxygen atoms in total. The fourth-order valence-electron chi connectivity index (χ4n) is 1.66. The lowest BCUT2D eigenvalue weighted by Crippen LogP contribution is -2.38. The number of aryl methyl sites for hydroxylation is 1.